The van der Waals surface area contributed by atoms with Gasteiger partial charge in [0.25, 0.3) is 0 Å². The van der Waals surface area contributed by atoms with E-state index in [1.807, 2.05) is 13.8 Å². The minimum Gasteiger partial charge on any atom is -0.397 e. The molecule has 0 aromatic heterocycles. The Labute approximate surface area is 110 Å². The van der Waals surface area contributed by atoms with E-state index in [1.54, 1.807) is 12.1 Å². The number of carbonyl (C=O) groups is 1. The minimum atomic E-state index is -0.503. The van der Waals surface area contributed by atoms with Crippen LogP contribution in [0.15, 0.2) is 12.1 Å². The lowest BCUT2D eigenvalue weighted by atomic mass is 9.99. The van der Waals surface area contributed by atoms with Gasteiger partial charge in [0, 0.05) is 12.0 Å². The van der Waals surface area contributed by atoms with Gasteiger partial charge in [-0.15, -0.1) is 0 Å². The Bertz CT molecular complexity index is 447. The van der Waals surface area contributed by atoms with Crippen LogP contribution in [0.25, 0.3) is 0 Å². The highest BCUT2D eigenvalue weighted by Gasteiger charge is 2.21. The Morgan fingerprint density at radius 2 is 1.88 bits per heavy atom. The van der Waals surface area contributed by atoms with E-state index in [4.69, 9.17) is 34.7 Å². The zero-order valence-corrected chi connectivity index (χ0v) is 11.2. The van der Waals surface area contributed by atoms with E-state index in [1.165, 1.54) is 0 Å². The van der Waals surface area contributed by atoms with Crippen molar-refractivity contribution in [3.63, 3.8) is 0 Å². The van der Waals surface area contributed by atoms with Crippen molar-refractivity contribution in [2.45, 2.75) is 25.8 Å². The predicted octanol–water partition coefficient (Wildman–Crippen LogP) is 2.64. The van der Waals surface area contributed by atoms with E-state index in [0.29, 0.717) is 21.4 Å². The topological polar surface area (TPSA) is 81.1 Å². The Morgan fingerprint density at radius 1 is 1.35 bits per heavy atom. The van der Waals surface area contributed by atoms with Gasteiger partial charge in [-0.05, 0) is 26.0 Å². The number of rotatable bonds is 4. The van der Waals surface area contributed by atoms with Crippen LogP contribution in [0.1, 0.15) is 20.3 Å². The fourth-order valence-electron chi connectivity index (χ4n) is 1.51. The Kier molecular flexibility index (Phi) is 4.11. The summed E-state index contributed by atoms with van der Waals surface area (Å²) in [6.07, 6.45) is 0.187. The van der Waals surface area contributed by atoms with Crippen LogP contribution in [0.5, 0.6) is 0 Å². The molecule has 1 aromatic rings. The fourth-order valence-corrected chi connectivity index (χ4v) is 1.85. The number of nitrogen functional groups attached to an aromatic ring is 1. The molecule has 0 bridgehead atoms. The second kappa shape index (κ2) is 5.02. The number of hydrogen-bond donors (Lipinski definition) is 3. The maximum atomic E-state index is 10.9. The highest BCUT2D eigenvalue weighted by molar-refractivity contribution is 6.42. The lowest BCUT2D eigenvalue weighted by Gasteiger charge is -2.27. The van der Waals surface area contributed by atoms with Gasteiger partial charge < -0.3 is 16.8 Å². The number of halogens is 2. The Balaban J connectivity index is 2.95. The zero-order chi connectivity index (χ0) is 13.2. The number of carbonyl (C=O) groups excluding carboxylic acids is 1. The highest BCUT2D eigenvalue weighted by Crippen LogP contribution is 2.32. The summed E-state index contributed by atoms with van der Waals surface area (Å²) in [4.78, 5) is 10.9. The van der Waals surface area contributed by atoms with Crippen molar-refractivity contribution in [1.29, 1.82) is 0 Å². The smallest absolute Gasteiger partial charge is 0.219 e. The van der Waals surface area contributed by atoms with Crippen molar-refractivity contribution in [1.82, 2.24) is 0 Å². The third kappa shape index (κ3) is 3.98. The summed E-state index contributed by atoms with van der Waals surface area (Å²) in [5.41, 5.74) is 11.6. The molecule has 1 amide bonds. The molecule has 0 radical (unpaired) electrons. The SMILES string of the molecule is CC(C)(CC(N)=O)Nc1cc(Cl)c(Cl)cc1N. The summed E-state index contributed by atoms with van der Waals surface area (Å²) < 4.78 is 0. The van der Waals surface area contributed by atoms with Crippen LogP contribution in [0, 0.1) is 0 Å². The van der Waals surface area contributed by atoms with Crippen LogP contribution in [0.4, 0.5) is 11.4 Å². The van der Waals surface area contributed by atoms with Gasteiger partial charge in [0.15, 0.2) is 0 Å². The molecule has 0 fully saturated rings. The van der Waals surface area contributed by atoms with Crippen LogP contribution in [-0.2, 0) is 4.79 Å². The second-order valence-electron chi connectivity index (χ2n) is 4.51. The summed E-state index contributed by atoms with van der Waals surface area (Å²) >= 11 is 11.7. The Morgan fingerprint density at radius 3 is 2.41 bits per heavy atom. The first-order chi connectivity index (χ1) is 7.71. The number of hydrogen-bond acceptors (Lipinski definition) is 3. The van der Waals surface area contributed by atoms with Crippen LogP contribution < -0.4 is 16.8 Å². The van der Waals surface area contributed by atoms with Gasteiger partial charge >= 0.3 is 0 Å². The van der Waals surface area contributed by atoms with Crippen molar-refractivity contribution < 1.29 is 4.79 Å². The van der Waals surface area contributed by atoms with E-state index in [9.17, 15) is 4.79 Å². The molecule has 0 aliphatic rings. The third-order valence-electron chi connectivity index (χ3n) is 2.18. The molecule has 0 aliphatic heterocycles. The monoisotopic (exact) mass is 275 g/mol. The summed E-state index contributed by atoms with van der Waals surface area (Å²) in [5, 5.41) is 3.91. The molecule has 1 rings (SSSR count). The average Bonchev–Trinajstić information content (AvgIpc) is 2.11. The molecule has 0 aliphatic carbocycles. The van der Waals surface area contributed by atoms with Crippen LogP contribution >= 0.6 is 23.2 Å². The van der Waals surface area contributed by atoms with Crippen molar-refractivity contribution in [3.8, 4) is 0 Å². The van der Waals surface area contributed by atoms with E-state index in [2.05, 4.69) is 5.32 Å². The van der Waals surface area contributed by atoms with Gasteiger partial charge in [0.05, 0.1) is 21.4 Å². The molecule has 0 spiro atoms. The molecule has 0 heterocycles. The second-order valence-corrected chi connectivity index (χ2v) is 5.32. The van der Waals surface area contributed by atoms with E-state index in [0.717, 1.165) is 0 Å². The quantitative estimate of drug-likeness (QED) is 0.739. The fraction of sp³-hybridized carbons (Fsp3) is 0.364. The van der Waals surface area contributed by atoms with Gasteiger partial charge in [0.1, 0.15) is 0 Å². The number of nitrogens with one attached hydrogen (secondary N) is 1. The van der Waals surface area contributed by atoms with E-state index in [-0.39, 0.29) is 12.3 Å². The first-order valence-electron chi connectivity index (χ1n) is 5.02. The number of nitrogens with two attached hydrogens (primary N) is 2. The zero-order valence-electron chi connectivity index (χ0n) is 9.68. The van der Waals surface area contributed by atoms with Crippen LogP contribution in [0.2, 0.25) is 10.0 Å². The van der Waals surface area contributed by atoms with E-state index >= 15 is 0 Å². The van der Waals surface area contributed by atoms with Crippen molar-refractivity contribution in [2.24, 2.45) is 5.73 Å². The molecule has 6 heteroatoms. The molecule has 0 atom stereocenters. The van der Waals surface area contributed by atoms with Gasteiger partial charge in [-0.2, -0.15) is 0 Å². The highest BCUT2D eigenvalue weighted by atomic mass is 35.5. The van der Waals surface area contributed by atoms with Crippen LogP contribution in [-0.4, -0.2) is 11.4 Å². The normalized spacial score (nSPS) is 11.3. The molecule has 0 saturated carbocycles. The average molecular weight is 276 g/mol. The molecule has 5 N–H and O–H groups in total. The van der Waals surface area contributed by atoms with Crippen molar-refractivity contribution in [3.05, 3.63) is 22.2 Å². The first-order valence-corrected chi connectivity index (χ1v) is 5.78. The number of amides is 1. The first kappa shape index (κ1) is 13.9. The third-order valence-corrected chi connectivity index (χ3v) is 2.90. The maximum Gasteiger partial charge on any atom is 0.219 e. The predicted molar refractivity (Wildman–Crippen MR) is 72.4 cm³/mol. The van der Waals surface area contributed by atoms with E-state index < -0.39 is 5.54 Å². The van der Waals surface area contributed by atoms with Crippen LogP contribution in [0.3, 0.4) is 0 Å². The summed E-state index contributed by atoms with van der Waals surface area (Å²) in [6.45, 7) is 3.69. The molecule has 4 nitrogen and oxygen atoms in total. The summed E-state index contributed by atoms with van der Waals surface area (Å²) in [5.74, 6) is -0.388. The maximum absolute atomic E-state index is 10.9. The minimum absolute atomic E-state index is 0.187. The molecule has 17 heavy (non-hydrogen) atoms. The number of benzene rings is 1. The lowest BCUT2D eigenvalue weighted by Crippen LogP contribution is -2.36. The standard InChI is InChI=1S/C11H15Cl2N3O/c1-11(2,5-10(15)17)16-9-4-7(13)6(12)3-8(9)14/h3-4,16H,5,14H2,1-2H3,(H2,15,17). The van der Waals surface area contributed by atoms with Gasteiger partial charge in [0.2, 0.25) is 5.91 Å². The largest absolute Gasteiger partial charge is 0.397 e. The summed E-state index contributed by atoms with van der Waals surface area (Å²) in [7, 11) is 0. The molecule has 1 aromatic carbocycles. The van der Waals surface area contributed by atoms with Crippen molar-refractivity contribution >= 4 is 40.5 Å². The molecular formula is C11H15Cl2N3O. The molecular weight excluding hydrogens is 261 g/mol. The lowest BCUT2D eigenvalue weighted by molar-refractivity contribution is -0.118. The van der Waals surface area contributed by atoms with Gasteiger partial charge in [-0.25, -0.2) is 0 Å². The van der Waals surface area contributed by atoms with Gasteiger partial charge in [-0.1, -0.05) is 23.2 Å². The molecule has 0 unspecified atom stereocenters. The molecule has 94 valence electrons. The number of primary amides is 1. The molecule has 0 saturated heterocycles. The van der Waals surface area contributed by atoms with Crippen molar-refractivity contribution in [2.75, 3.05) is 11.1 Å². The Hall–Kier alpha value is -1.13. The van der Waals surface area contributed by atoms with Gasteiger partial charge in [-0.3, -0.25) is 4.79 Å². The number of anilines is 2. The summed E-state index contributed by atoms with van der Waals surface area (Å²) in [6, 6.07) is 3.19.